The summed E-state index contributed by atoms with van der Waals surface area (Å²) in [5.41, 5.74) is 1.81. The molecule has 0 unspecified atom stereocenters. The Morgan fingerprint density at radius 3 is 3.00 bits per heavy atom. The fraction of sp³-hybridized carbons (Fsp3) is 0.235. The number of fused-ring (bicyclic) bond motifs is 1. The van der Waals surface area contributed by atoms with Crippen LogP contribution >= 0.6 is 11.3 Å². The summed E-state index contributed by atoms with van der Waals surface area (Å²) < 4.78 is 1.11. The van der Waals surface area contributed by atoms with Crippen LogP contribution in [0.1, 0.15) is 10.6 Å². The summed E-state index contributed by atoms with van der Waals surface area (Å²) in [6, 6.07) is 5.80. The molecule has 1 aromatic carbocycles. The van der Waals surface area contributed by atoms with Gasteiger partial charge in [0.1, 0.15) is 0 Å². The number of carbonyl (C=O) groups excluding carboxylic acids is 2. The zero-order chi connectivity index (χ0) is 17.3. The van der Waals surface area contributed by atoms with Gasteiger partial charge in [0, 0.05) is 12.6 Å². The molecule has 2 amide bonds. The average Bonchev–Trinajstić information content (AvgIpc) is 3.04. The molecule has 0 bridgehead atoms. The highest BCUT2D eigenvalue weighted by Crippen LogP contribution is 2.22. The number of hydrogen-bond donors (Lipinski definition) is 2. The van der Waals surface area contributed by atoms with Gasteiger partial charge in [-0.05, 0) is 25.1 Å². The average molecular weight is 341 g/mol. The summed E-state index contributed by atoms with van der Waals surface area (Å²) in [4.78, 5) is 29.1. The smallest absolute Gasteiger partial charge is 0.289 e. The molecule has 24 heavy (non-hydrogen) atoms. The van der Waals surface area contributed by atoms with Gasteiger partial charge in [-0.1, -0.05) is 11.8 Å². The number of benzene rings is 1. The third-order valence-corrected chi connectivity index (χ3v) is 4.52. The SMILES string of the molecule is Cc1nc2cc(C#CCNC(=O)C3=C(O)C(=O)N(C)C3)ccc2s1. The first-order valence-corrected chi connectivity index (χ1v) is 8.09. The van der Waals surface area contributed by atoms with Gasteiger partial charge >= 0.3 is 0 Å². The van der Waals surface area contributed by atoms with Crippen LogP contribution in [0, 0.1) is 18.8 Å². The minimum atomic E-state index is -0.543. The summed E-state index contributed by atoms with van der Waals surface area (Å²) >= 11 is 1.63. The Balaban J connectivity index is 1.63. The number of hydrogen-bond acceptors (Lipinski definition) is 5. The molecule has 3 rings (SSSR count). The number of rotatable bonds is 2. The van der Waals surface area contributed by atoms with Crippen molar-refractivity contribution in [2.24, 2.45) is 0 Å². The number of aromatic nitrogens is 1. The van der Waals surface area contributed by atoms with Crippen molar-refractivity contribution in [1.29, 1.82) is 0 Å². The van der Waals surface area contributed by atoms with Crippen LogP contribution in [0.4, 0.5) is 0 Å². The van der Waals surface area contributed by atoms with E-state index in [0.717, 1.165) is 20.8 Å². The molecule has 1 aliphatic rings. The zero-order valence-corrected chi connectivity index (χ0v) is 14.0. The van der Waals surface area contributed by atoms with Gasteiger partial charge in [0.05, 0.1) is 33.9 Å². The van der Waals surface area contributed by atoms with E-state index in [9.17, 15) is 14.7 Å². The molecule has 1 aromatic heterocycles. The number of nitrogens with zero attached hydrogens (tertiary/aromatic N) is 2. The first-order valence-electron chi connectivity index (χ1n) is 7.27. The first kappa shape index (κ1) is 16.0. The molecular formula is C17H15N3O3S. The molecule has 2 aromatic rings. The molecule has 0 saturated carbocycles. The second-order valence-corrected chi connectivity index (χ2v) is 6.62. The standard InChI is InChI=1S/C17H15N3O3S/c1-10-19-13-8-11(5-6-14(13)24-10)4-3-7-18-16(22)12-9-20(2)17(23)15(12)21/h5-6,8,21H,7,9H2,1-2H3,(H,18,22). The van der Waals surface area contributed by atoms with E-state index in [1.54, 1.807) is 11.3 Å². The highest BCUT2D eigenvalue weighted by molar-refractivity contribution is 7.18. The van der Waals surface area contributed by atoms with Crippen molar-refractivity contribution >= 4 is 33.4 Å². The normalized spacial score (nSPS) is 14.1. The van der Waals surface area contributed by atoms with Crippen LogP contribution in [-0.2, 0) is 9.59 Å². The van der Waals surface area contributed by atoms with E-state index in [4.69, 9.17) is 0 Å². The quantitative estimate of drug-likeness (QED) is 0.808. The van der Waals surface area contributed by atoms with Crippen molar-refractivity contribution in [2.75, 3.05) is 20.1 Å². The fourth-order valence-corrected chi connectivity index (χ4v) is 3.18. The van der Waals surface area contributed by atoms with E-state index in [-0.39, 0.29) is 18.7 Å². The zero-order valence-electron chi connectivity index (χ0n) is 13.2. The summed E-state index contributed by atoms with van der Waals surface area (Å²) in [6.07, 6.45) is 0. The molecule has 1 aliphatic heterocycles. The molecule has 0 fully saturated rings. The van der Waals surface area contributed by atoms with Crippen LogP contribution in [0.15, 0.2) is 29.5 Å². The largest absolute Gasteiger partial charge is 0.503 e. The number of likely N-dealkylation sites (N-methyl/N-ethyl adjacent to an activating group) is 1. The molecule has 6 nitrogen and oxygen atoms in total. The molecular weight excluding hydrogens is 326 g/mol. The topological polar surface area (TPSA) is 82.5 Å². The van der Waals surface area contributed by atoms with Gasteiger partial charge in [0.25, 0.3) is 11.8 Å². The van der Waals surface area contributed by atoms with Crippen LogP contribution in [0.3, 0.4) is 0 Å². The van der Waals surface area contributed by atoms with Gasteiger partial charge in [0.2, 0.25) is 0 Å². The lowest BCUT2D eigenvalue weighted by Crippen LogP contribution is -2.28. The molecule has 2 N–H and O–H groups in total. The minimum Gasteiger partial charge on any atom is -0.503 e. The predicted octanol–water partition coefficient (Wildman–Crippen LogP) is 1.36. The van der Waals surface area contributed by atoms with E-state index in [1.165, 1.54) is 11.9 Å². The molecule has 2 heterocycles. The number of thiazole rings is 1. The number of amides is 2. The Kier molecular flexibility index (Phi) is 4.23. The van der Waals surface area contributed by atoms with E-state index >= 15 is 0 Å². The Hall–Kier alpha value is -2.85. The molecule has 122 valence electrons. The van der Waals surface area contributed by atoms with E-state index in [0.29, 0.717) is 0 Å². The predicted molar refractivity (Wildman–Crippen MR) is 91.5 cm³/mol. The lowest BCUT2D eigenvalue weighted by Gasteiger charge is -2.06. The van der Waals surface area contributed by atoms with Crippen molar-refractivity contribution in [3.63, 3.8) is 0 Å². The van der Waals surface area contributed by atoms with Gasteiger partial charge in [-0.2, -0.15) is 0 Å². The van der Waals surface area contributed by atoms with E-state index in [2.05, 4.69) is 22.1 Å². The van der Waals surface area contributed by atoms with Gasteiger partial charge < -0.3 is 15.3 Å². The highest BCUT2D eigenvalue weighted by atomic mass is 32.1. The van der Waals surface area contributed by atoms with Crippen molar-refractivity contribution in [3.05, 3.63) is 40.1 Å². The summed E-state index contributed by atoms with van der Waals surface area (Å²) in [5, 5.41) is 13.2. The van der Waals surface area contributed by atoms with Crippen molar-refractivity contribution < 1.29 is 14.7 Å². The number of aliphatic hydroxyl groups excluding tert-OH is 1. The maximum atomic E-state index is 12.0. The second kappa shape index (κ2) is 6.34. The van der Waals surface area contributed by atoms with Crippen LogP contribution in [-0.4, -0.2) is 46.9 Å². The third kappa shape index (κ3) is 3.09. The van der Waals surface area contributed by atoms with E-state index < -0.39 is 17.6 Å². The summed E-state index contributed by atoms with van der Waals surface area (Å²) in [6.45, 7) is 2.19. The molecule has 7 heteroatoms. The summed E-state index contributed by atoms with van der Waals surface area (Å²) in [7, 11) is 1.52. The first-order chi connectivity index (χ1) is 11.5. The van der Waals surface area contributed by atoms with Gasteiger partial charge in [-0.3, -0.25) is 9.59 Å². The molecule has 0 atom stereocenters. The monoisotopic (exact) mass is 341 g/mol. The Labute approximate surface area is 142 Å². The van der Waals surface area contributed by atoms with Gasteiger partial charge in [0.15, 0.2) is 5.76 Å². The Morgan fingerprint density at radius 2 is 2.29 bits per heavy atom. The fourth-order valence-electron chi connectivity index (χ4n) is 2.37. The third-order valence-electron chi connectivity index (χ3n) is 3.57. The van der Waals surface area contributed by atoms with Gasteiger partial charge in [-0.25, -0.2) is 4.98 Å². The van der Waals surface area contributed by atoms with Crippen LogP contribution < -0.4 is 5.32 Å². The van der Waals surface area contributed by atoms with Crippen molar-refractivity contribution in [1.82, 2.24) is 15.2 Å². The van der Waals surface area contributed by atoms with Crippen LogP contribution in [0.25, 0.3) is 10.2 Å². The van der Waals surface area contributed by atoms with Crippen molar-refractivity contribution in [2.45, 2.75) is 6.92 Å². The molecule has 0 aliphatic carbocycles. The van der Waals surface area contributed by atoms with E-state index in [1.807, 2.05) is 25.1 Å². The van der Waals surface area contributed by atoms with Crippen LogP contribution in [0.5, 0.6) is 0 Å². The van der Waals surface area contributed by atoms with Crippen LogP contribution in [0.2, 0.25) is 0 Å². The highest BCUT2D eigenvalue weighted by Gasteiger charge is 2.31. The maximum Gasteiger partial charge on any atom is 0.289 e. The second-order valence-electron chi connectivity index (χ2n) is 5.39. The molecule has 0 saturated heterocycles. The molecule has 0 radical (unpaired) electrons. The number of nitrogens with one attached hydrogen (secondary N) is 1. The minimum absolute atomic E-state index is 0.0728. The lowest BCUT2D eigenvalue weighted by atomic mass is 10.2. The van der Waals surface area contributed by atoms with Gasteiger partial charge in [-0.15, -0.1) is 11.3 Å². The van der Waals surface area contributed by atoms with Crippen molar-refractivity contribution in [3.8, 4) is 11.8 Å². The number of aryl methyl sites for hydroxylation is 1. The number of aliphatic hydroxyl groups is 1. The Bertz CT molecular complexity index is 933. The Morgan fingerprint density at radius 1 is 1.50 bits per heavy atom. The molecule has 0 spiro atoms. The lowest BCUT2D eigenvalue weighted by molar-refractivity contribution is -0.126. The maximum absolute atomic E-state index is 12.0. The summed E-state index contributed by atoms with van der Waals surface area (Å²) in [5.74, 6) is 4.30. The number of carbonyl (C=O) groups is 2.